The Morgan fingerprint density at radius 1 is 1.20 bits per heavy atom. The topological polar surface area (TPSA) is 30.2 Å². The van der Waals surface area contributed by atoms with Gasteiger partial charge in [0.05, 0.1) is 0 Å². The number of hydrogen-bond acceptors (Lipinski definition) is 3. The summed E-state index contributed by atoms with van der Waals surface area (Å²) in [5.41, 5.74) is 1.20. The summed E-state index contributed by atoms with van der Waals surface area (Å²) in [6, 6.07) is 11.5. The van der Waals surface area contributed by atoms with Crippen LogP contribution in [-0.2, 0) is 0 Å². The van der Waals surface area contributed by atoms with Crippen molar-refractivity contribution in [3.05, 3.63) is 47.7 Å². The van der Waals surface area contributed by atoms with E-state index in [-0.39, 0.29) is 0 Å². The van der Waals surface area contributed by atoms with Gasteiger partial charge >= 0.3 is 0 Å². The smallest absolute Gasteiger partial charge is 0.185 e. The fourth-order valence-electron chi connectivity index (χ4n) is 1.23. The van der Waals surface area contributed by atoms with Gasteiger partial charge in [-0.1, -0.05) is 30.0 Å². The molecule has 0 bridgehead atoms. The molecule has 1 heterocycles. The summed E-state index contributed by atoms with van der Waals surface area (Å²) in [5.74, 6) is 0.367. The molecular weight excluding hydrogens is 208 g/mol. The van der Waals surface area contributed by atoms with Gasteiger partial charge < -0.3 is 4.42 Å². The van der Waals surface area contributed by atoms with Crippen molar-refractivity contribution in [1.29, 1.82) is 0 Å². The standard InChI is InChI=1S/C12H10O2S/c1-9-4-2-3-5-11(9)15-12-7-6-10(8-13)14-12/h2-8H,1H3. The summed E-state index contributed by atoms with van der Waals surface area (Å²) < 4.78 is 5.29. The van der Waals surface area contributed by atoms with Crippen molar-refractivity contribution in [3.8, 4) is 0 Å². The van der Waals surface area contributed by atoms with E-state index in [0.717, 1.165) is 9.99 Å². The lowest BCUT2D eigenvalue weighted by atomic mass is 10.2. The van der Waals surface area contributed by atoms with Gasteiger partial charge in [-0.25, -0.2) is 0 Å². The summed E-state index contributed by atoms with van der Waals surface area (Å²) >= 11 is 1.52. The summed E-state index contributed by atoms with van der Waals surface area (Å²) in [7, 11) is 0. The van der Waals surface area contributed by atoms with Gasteiger partial charge in [0.2, 0.25) is 0 Å². The van der Waals surface area contributed by atoms with Crippen LogP contribution in [0.15, 0.2) is 50.8 Å². The van der Waals surface area contributed by atoms with E-state index in [1.165, 1.54) is 17.3 Å². The zero-order valence-electron chi connectivity index (χ0n) is 8.27. The van der Waals surface area contributed by atoms with E-state index >= 15 is 0 Å². The van der Waals surface area contributed by atoms with Crippen LogP contribution < -0.4 is 0 Å². The van der Waals surface area contributed by atoms with Crippen LogP contribution in [0.3, 0.4) is 0 Å². The number of carbonyl (C=O) groups is 1. The Hall–Kier alpha value is -1.48. The Balaban J connectivity index is 2.22. The third-order valence-electron chi connectivity index (χ3n) is 2.02. The third kappa shape index (κ3) is 2.30. The zero-order valence-corrected chi connectivity index (χ0v) is 9.08. The third-order valence-corrected chi connectivity index (χ3v) is 3.12. The van der Waals surface area contributed by atoms with E-state index in [0.29, 0.717) is 12.0 Å². The van der Waals surface area contributed by atoms with Gasteiger partial charge in [-0.15, -0.1) is 0 Å². The van der Waals surface area contributed by atoms with Gasteiger partial charge in [-0.05, 0) is 30.7 Å². The van der Waals surface area contributed by atoms with Crippen LogP contribution in [0.4, 0.5) is 0 Å². The average molecular weight is 218 g/mol. The molecule has 0 aliphatic rings. The minimum absolute atomic E-state index is 0.367. The number of aryl methyl sites for hydroxylation is 1. The molecule has 0 radical (unpaired) electrons. The van der Waals surface area contributed by atoms with E-state index < -0.39 is 0 Å². The first kappa shape index (κ1) is 10.1. The van der Waals surface area contributed by atoms with Gasteiger partial charge in [0.1, 0.15) is 0 Å². The molecule has 0 spiro atoms. The predicted octanol–water partition coefficient (Wildman–Crippen LogP) is 3.55. The molecule has 0 atom stereocenters. The number of rotatable bonds is 3. The molecule has 15 heavy (non-hydrogen) atoms. The van der Waals surface area contributed by atoms with E-state index in [1.54, 1.807) is 12.1 Å². The van der Waals surface area contributed by atoms with Crippen LogP contribution in [-0.4, -0.2) is 6.29 Å². The number of benzene rings is 1. The number of aldehydes is 1. The van der Waals surface area contributed by atoms with Gasteiger partial charge in [-0.2, -0.15) is 0 Å². The molecule has 0 N–H and O–H groups in total. The Morgan fingerprint density at radius 2 is 2.00 bits per heavy atom. The monoisotopic (exact) mass is 218 g/mol. The van der Waals surface area contributed by atoms with E-state index in [4.69, 9.17) is 4.42 Å². The quantitative estimate of drug-likeness (QED) is 0.738. The minimum Gasteiger partial charge on any atom is -0.447 e. The lowest BCUT2D eigenvalue weighted by Crippen LogP contribution is -1.76. The van der Waals surface area contributed by atoms with Crippen molar-refractivity contribution < 1.29 is 9.21 Å². The van der Waals surface area contributed by atoms with Gasteiger partial charge in [0, 0.05) is 4.90 Å². The molecule has 1 aromatic carbocycles. The molecule has 3 heteroatoms. The number of hydrogen-bond donors (Lipinski definition) is 0. The second-order valence-electron chi connectivity index (χ2n) is 3.14. The first-order valence-corrected chi connectivity index (χ1v) is 5.40. The van der Waals surface area contributed by atoms with Crippen molar-refractivity contribution in [2.45, 2.75) is 16.9 Å². The highest BCUT2D eigenvalue weighted by Gasteiger charge is 2.04. The van der Waals surface area contributed by atoms with Gasteiger partial charge in [-0.3, -0.25) is 4.79 Å². The zero-order chi connectivity index (χ0) is 10.7. The second-order valence-corrected chi connectivity index (χ2v) is 4.19. The molecule has 0 aliphatic carbocycles. The lowest BCUT2D eigenvalue weighted by molar-refractivity contribution is 0.109. The predicted molar refractivity (Wildman–Crippen MR) is 59.4 cm³/mol. The van der Waals surface area contributed by atoms with Crippen molar-refractivity contribution in [3.63, 3.8) is 0 Å². The molecule has 0 saturated heterocycles. The fraction of sp³-hybridized carbons (Fsp3) is 0.0833. The number of carbonyl (C=O) groups excluding carboxylic acids is 1. The highest BCUT2D eigenvalue weighted by molar-refractivity contribution is 7.99. The van der Waals surface area contributed by atoms with Crippen LogP contribution in [0.1, 0.15) is 16.1 Å². The van der Waals surface area contributed by atoms with Crippen molar-refractivity contribution in [2.24, 2.45) is 0 Å². The Kier molecular flexibility index (Phi) is 2.92. The fourth-order valence-corrected chi connectivity index (χ4v) is 2.10. The molecule has 2 rings (SSSR count). The first-order valence-electron chi connectivity index (χ1n) is 4.58. The van der Waals surface area contributed by atoms with E-state index in [2.05, 4.69) is 0 Å². The van der Waals surface area contributed by atoms with E-state index in [1.807, 2.05) is 31.2 Å². The average Bonchev–Trinajstić information content (AvgIpc) is 2.69. The van der Waals surface area contributed by atoms with Crippen molar-refractivity contribution in [2.75, 3.05) is 0 Å². The number of furan rings is 1. The van der Waals surface area contributed by atoms with Crippen LogP contribution in [0.25, 0.3) is 0 Å². The van der Waals surface area contributed by atoms with Crippen LogP contribution in [0.5, 0.6) is 0 Å². The highest BCUT2D eigenvalue weighted by atomic mass is 32.2. The Morgan fingerprint density at radius 3 is 2.67 bits per heavy atom. The molecule has 0 fully saturated rings. The minimum atomic E-state index is 0.367. The largest absolute Gasteiger partial charge is 0.447 e. The van der Waals surface area contributed by atoms with Crippen molar-refractivity contribution in [1.82, 2.24) is 0 Å². The maximum absolute atomic E-state index is 10.4. The highest BCUT2D eigenvalue weighted by Crippen LogP contribution is 2.30. The summed E-state index contributed by atoms with van der Waals surface area (Å²) in [6.45, 7) is 2.05. The van der Waals surface area contributed by atoms with Gasteiger partial charge in [0.15, 0.2) is 17.1 Å². The molecule has 76 valence electrons. The summed E-state index contributed by atoms with van der Waals surface area (Å²) in [5, 5.41) is 0.742. The molecule has 2 nitrogen and oxygen atoms in total. The molecule has 2 aromatic rings. The first-order chi connectivity index (χ1) is 7.29. The van der Waals surface area contributed by atoms with Crippen LogP contribution in [0, 0.1) is 6.92 Å². The van der Waals surface area contributed by atoms with Gasteiger partial charge in [0.25, 0.3) is 0 Å². The Bertz CT molecular complexity index is 474. The maximum atomic E-state index is 10.4. The second kappa shape index (κ2) is 4.36. The molecular formula is C12H10O2S. The summed E-state index contributed by atoms with van der Waals surface area (Å²) in [6.07, 6.45) is 0.710. The van der Waals surface area contributed by atoms with Crippen LogP contribution >= 0.6 is 11.8 Å². The van der Waals surface area contributed by atoms with Crippen molar-refractivity contribution >= 4 is 18.0 Å². The normalized spacial score (nSPS) is 10.2. The SMILES string of the molecule is Cc1ccccc1Sc1ccc(C=O)o1. The molecule has 0 aliphatic heterocycles. The van der Waals surface area contributed by atoms with E-state index in [9.17, 15) is 4.79 Å². The molecule has 0 saturated carbocycles. The Labute approximate surface area is 92.3 Å². The summed E-state index contributed by atoms with van der Waals surface area (Å²) in [4.78, 5) is 11.6. The molecule has 0 amide bonds. The molecule has 0 unspecified atom stereocenters. The lowest BCUT2D eigenvalue weighted by Gasteiger charge is -2.01. The molecule has 1 aromatic heterocycles. The van der Waals surface area contributed by atoms with Crippen LogP contribution in [0.2, 0.25) is 0 Å². The maximum Gasteiger partial charge on any atom is 0.185 e.